The molecule has 0 N–H and O–H groups in total. The van der Waals surface area contributed by atoms with Crippen molar-refractivity contribution >= 4 is 41.4 Å². The smallest absolute Gasteiger partial charge is 0.446 e. The molecule has 2 aromatic carbocycles. The number of fused-ring (bicyclic) bond motifs is 4. The Morgan fingerprint density at radius 1 is 0.943 bits per heavy atom. The quantitative estimate of drug-likeness (QED) is 0.409. The first-order chi connectivity index (χ1) is 16.2. The zero-order valence-corrected chi connectivity index (χ0v) is 21.0. The second-order valence-corrected chi connectivity index (χ2v) is 8.63. The van der Waals surface area contributed by atoms with Gasteiger partial charge in [0.1, 0.15) is 5.75 Å². The van der Waals surface area contributed by atoms with E-state index in [1.807, 2.05) is 19.1 Å². The Kier molecular flexibility index (Phi) is 7.35. The monoisotopic (exact) mass is 515 g/mol. The largest absolute Gasteiger partial charge is 0.483 e. The number of aryl methyl sites for hydroxylation is 1. The fraction of sp³-hybridized carbons (Fsp3) is 0.320. The molecule has 4 heterocycles. The van der Waals surface area contributed by atoms with Gasteiger partial charge in [0.15, 0.2) is 12.4 Å². The topological polar surface area (TPSA) is 76.6 Å². The van der Waals surface area contributed by atoms with Crippen LogP contribution in [0.25, 0.3) is 16.6 Å². The summed E-state index contributed by atoms with van der Waals surface area (Å²) < 4.78 is 12.3. The summed E-state index contributed by atoms with van der Waals surface area (Å²) in [7, 11) is 0. The third-order valence-electron chi connectivity index (χ3n) is 6.59. The molecule has 1 fully saturated rings. The van der Waals surface area contributed by atoms with Crippen molar-refractivity contribution in [3.8, 4) is 11.4 Å². The van der Waals surface area contributed by atoms with Crippen LogP contribution in [-0.4, -0.2) is 52.3 Å². The molecule has 2 aliphatic heterocycles. The van der Waals surface area contributed by atoms with Gasteiger partial charge in [0.05, 0.1) is 11.2 Å². The van der Waals surface area contributed by atoms with Crippen LogP contribution in [0.15, 0.2) is 57.8 Å². The van der Waals surface area contributed by atoms with Crippen LogP contribution in [0.2, 0.25) is 0 Å². The summed E-state index contributed by atoms with van der Waals surface area (Å²) in [5.41, 5.74) is 5.18. The van der Waals surface area contributed by atoms with Crippen molar-refractivity contribution in [2.75, 3.05) is 37.6 Å². The van der Waals surface area contributed by atoms with Crippen molar-refractivity contribution < 1.29 is 9.26 Å². The molecule has 10 heteroatoms. The second-order valence-electron chi connectivity index (χ2n) is 8.63. The maximum absolute atomic E-state index is 12.1. The number of benzene rings is 2. The molecular weight excluding hydrogens is 489 g/mol. The third-order valence-corrected chi connectivity index (χ3v) is 6.59. The van der Waals surface area contributed by atoms with E-state index in [0.29, 0.717) is 11.5 Å². The lowest BCUT2D eigenvalue weighted by molar-refractivity contribution is 0.253. The highest BCUT2D eigenvalue weighted by molar-refractivity contribution is 5.92. The van der Waals surface area contributed by atoms with Gasteiger partial charge in [-0.2, -0.15) is 0 Å². The molecule has 4 aromatic rings. The van der Waals surface area contributed by atoms with E-state index < -0.39 is 5.76 Å². The Morgan fingerprint density at radius 3 is 2.54 bits per heavy atom. The molecule has 6 rings (SSSR count). The highest BCUT2D eigenvalue weighted by Gasteiger charge is 2.25. The highest BCUT2D eigenvalue weighted by Crippen LogP contribution is 2.32. The van der Waals surface area contributed by atoms with Crippen molar-refractivity contribution in [2.24, 2.45) is 0 Å². The van der Waals surface area contributed by atoms with E-state index >= 15 is 0 Å². The van der Waals surface area contributed by atoms with Crippen molar-refractivity contribution in [2.45, 2.75) is 20.0 Å². The lowest BCUT2D eigenvalue weighted by atomic mass is 10.1. The minimum atomic E-state index is -0.471. The number of anilines is 1. The standard InChI is InChI=1S/C25H25N5O3.2ClH/c1-17-8-9-19-20(26-17)5-3-6-21(19)29-14-12-28(13-15-29)11-10-18-4-2-7-22-24(18)32-16-23-27-33-25(31)30(22)23;;/h2-9H,10-16H2,1H3;2*1H. The summed E-state index contributed by atoms with van der Waals surface area (Å²) >= 11 is 0. The van der Waals surface area contributed by atoms with Gasteiger partial charge in [-0.05, 0) is 49.2 Å². The lowest BCUT2D eigenvalue weighted by Gasteiger charge is -2.36. The number of aromatic nitrogens is 3. The average molecular weight is 516 g/mol. The molecule has 0 radical (unpaired) electrons. The molecule has 1 saturated heterocycles. The highest BCUT2D eigenvalue weighted by atomic mass is 35.5. The van der Waals surface area contributed by atoms with Gasteiger partial charge in [0.25, 0.3) is 0 Å². The molecule has 35 heavy (non-hydrogen) atoms. The van der Waals surface area contributed by atoms with Crippen molar-refractivity contribution in [3.63, 3.8) is 0 Å². The van der Waals surface area contributed by atoms with E-state index in [4.69, 9.17) is 9.26 Å². The number of rotatable bonds is 4. The first kappa shape index (κ1) is 25.0. The molecule has 0 amide bonds. The maximum atomic E-state index is 12.1. The summed E-state index contributed by atoms with van der Waals surface area (Å²) in [6, 6.07) is 16.6. The van der Waals surface area contributed by atoms with Crippen LogP contribution < -0.4 is 15.4 Å². The second kappa shape index (κ2) is 10.3. The molecule has 0 bridgehead atoms. The predicted octanol–water partition coefficient (Wildman–Crippen LogP) is 3.78. The number of piperazine rings is 1. The van der Waals surface area contributed by atoms with E-state index in [-0.39, 0.29) is 31.4 Å². The third kappa shape index (κ3) is 4.61. The van der Waals surface area contributed by atoms with Gasteiger partial charge in [0.2, 0.25) is 0 Å². The zero-order chi connectivity index (χ0) is 22.4. The summed E-state index contributed by atoms with van der Waals surface area (Å²) in [6.07, 6.45) is 0.857. The zero-order valence-electron chi connectivity index (χ0n) is 19.3. The van der Waals surface area contributed by atoms with Crippen LogP contribution in [0.5, 0.6) is 5.75 Å². The van der Waals surface area contributed by atoms with Crippen LogP contribution in [0.4, 0.5) is 5.69 Å². The molecular formula is C25H27Cl2N5O3. The van der Waals surface area contributed by atoms with Crippen molar-refractivity contribution in [3.05, 3.63) is 76.2 Å². The Morgan fingerprint density at radius 2 is 1.71 bits per heavy atom. The van der Waals surface area contributed by atoms with E-state index in [1.54, 1.807) is 0 Å². The van der Waals surface area contributed by atoms with Gasteiger partial charge in [-0.1, -0.05) is 23.4 Å². The van der Waals surface area contributed by atoms with Gasteiger partial charge in [-0.25, -0.2) is 9.36 Å². The molecule has 0 atom stereocenters. The fourth-order valence-corrected chi connectivity index (χ4v) is 4.86. The first-order valence-corrected chi connectivity index (χ1v) is 11.3. The van der Waals surface area contributed by atoms with E-state index in [1.165, 1.54) is 15.6 Å². The van der Waals surface area contributed by atoms with Gasteiger partial charge in [0, 0.05) is 49.5 Å². The SMILES string of the molecule is Cc1ccc2c(N3CCN(CCc4cccc5c4OCc4noc(=O)n4-5)CC3)cccc2n1.Cl.Cl. The Bertz CT molecular complexity index is 1400. The number of hydrogen-bond donors (Lipinski definition) is 0. The normalized spacial score (nSPS) is 14.9. The minimum absolute atomic E-state index is 0. The van der Waals surface area contributed by atoms with Gasteiger partial charge in [-0.15, -0.1) is 24.8 Å². The van der Waals surface area contributed by atoms with Crippen LogP contribution in [0.3, 0.4) is 0 Å². The van der Waals surface area contributed by atoms with Crippen LogP contribution in [0.1, 0.15) is 17.1 Å². The van der Waals surface area contributed by atoms with E-state index in [0.717, 1.165) is 61.7 Å². The first-order valence-electron chi connectivity index (χ1n) is 11.3. The van der Waals surface area contributed by atoms with Crippen molar-refractivity contribution in [1.82, 2.24) is 19.6 Å². The summed E-state index contributed by atoms with van der Waals surface area (Å²) in [4.78, 5) is 21.7. The summed E-state index contributed by atoms with van der Waals surface area (Å²) in [6.45, 7) is 7.18. The molecule has 0 aliphatic carbocycles. The Balaban J connectivity index is 0.00000144. The molecule has 8 nitrogen and oxygen atoms in total. The van der Waals surface area contributed by atoms with Crippen LogP contribution in [0, 0.1) is 6.92 Å². The molecule has 2 aliphatic rings. The fourth-order valence-electron chi connectivity index (χ4n) is 4.86. The summed E-state index contributed by atoms with van der Waals surface area (Å²) in [5, 5.41) is 5.01. The predicted molar refractivity (Wildman–Crippen MR) is 140 cm³/mol. The molecule has 184 valence electrons. The summed E-state index contributed by atoms with van der Waals surface area (Å²) in [5.74, 6) is 0.786. The minimum Gasteiger partial charge on any atom is -0.483 e. The van der Waals surface area contributed by atoms with Gasteiger partial charge < -0.3 is 9.64 Å². The Hall–Kier alpha value is -3.07. The number of halogens is 2. The number of nitrogens with zero attached hydrogens (tertiary/aromatic N) is 5. The number of ether oxygens (including phenoxy) is 1. The lowest BCUT2D eigenvalue weighted by Crippen LogP contribution is -2.47. The van der Waals surface area contributed by atoms with Crippen LogP contribution in [-0.2, 0) is 13.0 Å². The van der Waals surface area contributed by atoms with E-state index in [9.17, 15) is 4.79 Å². The molecule has 0 saturated carbocycles. The van der Waals surface area contributed by atoms with E-state index in [2.05, 4.69) is 56.3 Å². The Labute approximate surface area is 215 Å². The molecule has 0 unspecified atom stereocenters. The maximum Gasteiger partial charge on any atom is 0.446 e. The molecule has 0 spiro atoms. The average Bonchev–Trinajstić information content (AvgIpc) is 3.23. The number of para-hydroxylation sites is 1. The van der Waals surface area contributed by atoms with Crippen molar-refractivity contribution in [1.29, 1.82) is 0 Å². The van der Waals surface area contributed by atoms with Crippen LogP contribution >= 0.6 is 24.8 Å². The molecule has 2 aromatic heterocycles. The number of pyridine rings is 1. The van der Waals surface area contributed by atoms with Gasteiger partial charge in [-0.3, -0.25) is 14.4 Å². The number of hydrogen-bond acceptors (Lipinski definition) is 7. The van der Waals surface area contributed by atoms with Gasteiger partial charge >= 0.3 is 5.76 Å².